The predicted molar refractivity (Wildman–Crippen MR) is 76.4 cm³/mol. The molecule has 0 atom stereocenters. The fraction of sp³-hybridized carbons (Fsp3) is 0.500. The minimum atomic E-state index is -2.64. The van der Waals surface area contributed by atoms with E-state index in [1.165, 1.54) is 10.7 Å². The molecule has 0 aliphatic carbocycles. The number of carbonyl (C=O) groups is 1. The molecule has 2 aromatic heterocycles. The van der Waals surface area contributed by atoms with Crippen molar-refractivity contribution in [3.8, 4) is 0 Å². The van der Waals surface area contributed by atoms with E-state index in [0.717, 1.165) is 17.0 Å². The third-order valence-electron chi connectivity index (χ3n) is 3.64. The molecule has 120 valence electrons. The van der Waals surface area contributed by atoms with Crippen LogP contribution in [0.2, 0.25) is 0 Å². The van der Waals surface area contributed by atoms with Crippen LogP contribution >= 0.6 is 0 Å². The van der Waals surface area contributed by atoms with Crippen molar-refractivity contribution in [2.24, 2.45) is 7.05 Å². The van der Waals surface area contributed by atoms with Gasteiger partial charge in [-0.25, -0.2) is 8.78 Å². The van der Waals surface area contributed by atoms with Crippen LogP contribution in [0.25, 0.3) is 0 Å². The van der Waals surface area contributed by atoms with Crippen LogP contribution in [0.3, 0.4) is 0 Å². The molecule has 0 saturated carbocycles. The van der Waals surface area contributed by atoms with Gasteiger partial charge in [0.05, 0.1) is 5.69 Å². The number of halogens is 2. The Hall–Kier alpha value is -2.25. The number of hydrogen-bond donors (Lipinski definition) is 1. The molecule has 0 unspecified atom stereocenters. The maximum atomic E-state index is 12.6. The van der Waals surface area contributed by atoms with E-state index in [9.17, 15) is 13.6 Å². The first-order valence-corrected chi connectivity index (χ1v) is 6.88. The number of rotatable bonds is 5. The summed E-state index contributed by atoms with van der Waals surface area (Å²) in [4.78, 5) is 12.0. The van der Waals surface area contributed by atoms with Crippen LogP contribution in [-0.2, 0) is 24.9 Å². The number of alkyl halides is 2. The van der Waals surface area contributed by atoms with Crippen LogP contribution in [-0.4, -0.2) is 25.5 Å². The van der Waals surface area contributed by atoms with Gasteiger partial charge >= 0.3 is 0 Å². The van der Waals surface area contributed by atoms with E-state index < -0.39 is 6.43 Å². The maximum Gasteiger partial charge on any atom is 0.282 e. The number of amides is 1. The molecular weight excluding hydrogens is 292 g/mol. The van der Waals surface area contributed by atoms with Gasteiger partial charge in [0, 0.05) is 30.5 Å². The minimum absolute atomic E-state index is 0.0864. The van der Waals surface area contributed by atoms with Gasteiger partial charge in [-0.2, -0.15) is 10.2 Å². The first-order valence-electron chi connectivity index (χ1n) is 6.88. The van der Waals surface area contributed by atoms with E-state index in [0.29, 0.717) is 12.2 Å². The Bertz CT molecular complexity index is 690. The highest BCUT2D eigenvalue weighted by atomic mass is 19.3. The smallest absolute Gasteiger partial charge is 0.282 e. The summed E-state index contributed by atoms with van der Waals surface area (Å²) in [5.74, 6) is -0.283. The monoisotopic (exact) mass is 311 g/mol. The Morgan fingerprint density at radius 1 is 1.32 bits per heavy atom. The highest BCUT2D eigenvalue weighted by Gasteiger charge is 2.15. The summed E-state index contributed by atoms with van der Waals surface area (Å²) in [5, 5.41) is 10.8. The van der Waals surface area contributed by atoms with Gasteiger partial charge in [-0.3, -0.25) is 14.2 Å². The SMILES string of the molecule is Cc1nn(C)c(C)c1CNC(=O)Cn1nc(C(F)F)cc1C. The molecule has 1 amide bonds. The van der Waals surface area contributed by atoms with E-state index in [1.807, 2.05) is 20.9 Å². The average molecular weight is 311 g/mol. The van der Waals surface area contributed by atoms with Gasteiger partial charge in [-0.1, -0.05) is 0 Å². The normalized spacial score (nSPS) is 11.2. The molecule has 8 heteroatoms. The fourth-order valence-electron chi connectivity index (χ4n) is 2.25. The molecule has 1 N–H and O–H groups in total. The zero-order valence-corrected chi connectivity index (χ0v) is 13.0. The number of carbonyl (C=O) groups excluding carboxylic acids is 1. The maximum absolute atomic E-state index is 12.6. The first-order chi connectivity index (χ1) is 10.3. The zero-order chi connectivity index (χ0) is 16.4. The molecule has 0 aliphatic rings. The molecule has 22 heavy (non-hydrogen) atoms. The largest absolute Gasteiger partial charge is 0.350 e. The van der Waals surface area contributed by atoms with Crippen molar-refractivity contribution in [1.29, 1.82) is 0 Å². The lowest BCUT2D eigenvalue weighted by Crippen LogP contribution is -2.28. The van der Waals surface area contributed by atoms with E-state index in [2.05, 4.69) is 15.5 Å². The average Bonchev–Trinajstić information content (AvgIpc) is 2.90. The molecule has 0 aromatic carbocycles. The Kier molecular flexibility index (Phi) is 4.58. The first kappa shape index (κ1) is 16.1. The van der Waals surface area contributed by atoms with Crippen molar-refractivity contribution in [3.05, 3.63) is 34.4 Å². The molecule has 2 heterocycles. The summed E-state index contributed by atoms with van der Waals surface area (Å²) < 4.78 is 28.2. The molecule has 0 radical (unpaired) electrons. The molecule has 0 saturated heterocycles. The Labute approximate surface area is 127 Å². The Balaban J connectivity index is 1.99. The molecule has 0 fully saturated rings. The summed E-state index contributed by atoms with van der Waals surface area (Å²) in [6.07, 6.45) is -2.64. The van der Waals surface area contributed by atoms with E-state index >= 15 is 0 Å². The van der Waals surface area contributed by atoms with Crippen LogP contribution in [0, 0.1) is 20.8 Å². The van der Waals surface area contributed by atoms with Gasteiger partial charge in [-0.15, -0.1) is 0 Å². The molecule has 0 bridgehead atoms. The van der Waals surface area contributed by atoms with Crippen LogP contribution in [0.15, 0.2) is 6.07 Å². The molecular formula is C14H19F2N5O. The predicted octanol–water partition coefficient (Wildman–Crippen LogP) is 1.80. The van der Waals surface area contributed by atoms with Gasteiger partial charge in [0.25, 0.3) is 6.43 Å². The Morgan fingerprint density at radius 3 is 2.50 bits per heavy atom. The lowest BCUT2D eigenvalue weighted by atomic mass is 10.2. The molecule has 2 aromatic rings. The van der Waals surface area contributed by atoms with Gasteiger partial charge < -0.3 is 5.32 Å². The Morgan fingerprint density at radius 2 is 2.00 bits per heavy atom. The molecule has 6 nitrogen and oxygen atoms in total. The highest BCUT2D eigenvalue weighted by Crippen LogP contribution is 2.17. The van der Waals surface area contributed by atoms with Crippen molar-refractivity contribution in [3.63, 3.8) is 0 Å². The summed E-state index contributed by atoms with van der Waals surface area (Å²) >= 11 is 0. The van der Waals surface area contributed by atoms with E-state index in [-0.39, 0.29) is 18.1 Å². The number of hydrogen-bond acceptors (Lipinski definition) is 3. The van der Waals surface area contributed by atoms with Crippen LogP contribution in [0.4, 0.5) is 8.78 Å². The quantitative estimate of drug-likeness (QED) is 0.915. The van der Waals surface area contributed by atoms with E-state index in [4.69, 9.17) is 0 Å². The fourth-order valence-corrected chi connectivity index (χ4v) is 2.25. The topological polar surface area (TPSA) is 64.7 Å². The lowest BCUT2D eigenvalue weighted by molar-refractivity contribution is -0.122. The number of nitrogens with one attached hydrogen (secondary N) is 1. The third kappa shape index (κ3) is 3.32. The van der Waals surface area contributed by atoms with Crippen LogP contribution < -0.4 is 5.32 Å². The van der Waals surface area contributed by atoms with Crippen molar-refractivity contribution in [2.45, 2.75) is 40.3 Å². The molecule has 0 spiro atoms. The minimum Gasteiger partial charge on any atom is -0.350 e. The lowest BCUT2D eigenvalue weighted by Gasteiger charge is -2.07. The van der Waals surface area contributed by atoms with Gasteiger partial charge in [0.2, 0.25) is 5.91 Å². The number of nitrogens with zero attached hydrogens (tertiary/aromatic N) is 4. The van der Waals surface area contributed by atoms with Crippen molar-refractivity contribution in [2.75, 3.05) is 0 Å². The van der Waals surface area contributed by atoms with Crippen molar-refractivity contribution < 1.29 is 13.6 Å². The van der Waals surface area contributed by atoms with Gasteiger partial charge in [0.1, 0.15) is 12.2 Å². The van der Waals surface area contributed by atoms with Crippen LogP contribution in [0.1, 0.15) is 34.8 Å². The number of aryl methyl sites for hydroxylation is 3. The van der Waals surface area contributed by atoms with Crippen molar-refractivity contribution >= 4 is 5.91 Å². The van der Waals surface area contributed by atoms with Gasteiger partial charge in [-0.05, 0) is 26.8 Å². The highest BCUT2D eigenvalue weighted by molar-refractivity contribution is 5.75. The molecule has 2 rings (SSSR count). The zero-order valence-electron chi connectivity index (χ0n) is 13.0. The summed E-state index contributed by atoms with van der Waals surface area (Å²) in [7, 11) is 1.84. The number of aromatic nitrogens is 4. The second kappa shape index (κ2) is 6.25. The van der Waals surface area contributed by atoms with Gasteiger partial charge in [0.15, 0.2) is 0 Å². The van der Waals surface area contributed by atoms with Crippen LogP contribution in [0.5, 0.6) is 0 Å². The summed E-state index contributed by atoms with van der Waals surface area (Å²) in [5.41, 5.74) is 3.01. The van der Waals surface area contributed by atoms with E-state index in [1.54, 1.807) is 11.6 Å². The second-order valence-corrected chi connectivity index (χ2v) is 5.22. The molecule has 0 aliphatic heterocycles. The standard InChI is InChI=1S/C14H19F2N5O/c1-8-5-12(14(15)16)19-21(8)7-13(22)17-6-11-9(2)18-20(4)10(11)3/h5,14H,6-7H2,1-4H3,(H,17,22). The summed E-state index contributed by atoms with van der Waals surface area (Å²) in [6, 6.07) is 1.29. The van der Waals surface area contributed by atoms with Crippen molar-refractivity contribution in [1.82, 2.24) is 24.9 Å². The second-order valence-electron chi connectivity index (χ2n) is 5.22. The summed E-state index contributed by atoms with van der Waals surface area (Å²) in [6.45, 7) is 5.71. The third-order valence-corrected chi connectivity index (χ3v) is 3.64.